The smallest absolute Gasteiger partial charge is 0.252 e. The molecule has 0 radical (unpaired) electrons. The third-order valence-electron chi connectivity index (χ3n) is 4.96. The molecule has 29 heavy (non-hydrogen) atoms. The molecule has 0 unspecified atom stereocenters. The van der Waals surface area contributed by atoms with Gasteiger partial charge in [-0.1, -0.05) is 12.8 Å². The van der Waals surface area contributed by atoms with E-state index in [1.807, 2.05) is 13.8 Å². The maximum atomic E-state index is 14.6. The number of pyridine rings is 2. The second-order valence-corrected chi connectivity index (χ2v) is 7.18. The summed E-state index contributed by atoms with van der Waals surface area (Å²) in [5.74, 6) is -0.723. The van der Waals surface area contributed by atoms with Crippen molar-refractivity contribution in [3.8, 4) is 5.88 Å². The monoisotopic (exact) mass is 402 g/mol. The number of carbonyl (C=O) groups excluding carboxylic acids is 1. The van der Waals surface area contributed by atoms with E-state index >= 15 is 0 Å². The van der Waals surface area contributed by atoms with Gasteiger partial charge >= 0.3 is 0 Å². The highest BCUT2D eigenvalue weighted by atomic mass is 19.1. The van der Waals surface area contributed by atoms with E-state index in [1.54, 1.807) is 12.3 Å². The highest BCUT2D eigenvalue weighted by molar-refractivity contribution is 5.98. The topological polar surface area (TPSA) is 128 Å². The summed E-state index contributed by atoms with van der Waals surface area (Å²) in [6.07, 6.45) is 5.35. The summed E-state index contributed by atoms with van der Waals surface area (Å²) in [4.78, 5) is 20.4. The standard InChI is InChI=1S/C20H27FN6O2/c1-3-29-20-11(2)8-12(10-24-20)25-18-13(17(23)28)9-14(21)19(27-18)26-16-7-5-4-6-15(16)22/h8-10,15-16H,3-7,22H2,1-2H3,(H2,23,28)(H2,25,26,27)/t15-,16+/m0/s1. The minimum absolute atomic E-state index is 0.0375. The first-order valence-corrected chi connectivity index (χ1v) is 9.78. The molecule has 2 aromatic heterocycles. The lowest BCUT2D eigenvalue weighted by Gasteiger charge is -2.30. The Kier molecular flexibility index (Phi) is 6.48. The van der Waals surface area contributed by atoms with Crippen LogP contribution in [0.5, 0.6) is 5.88 Å². The van der Waals surface area contributed by atoms with Crippen molar-refractivity contribution in [2.45, 2.75) is 51.6 Å². The van der Waals surface area contributed by atoms with E-state index in [1.165, 1.54) is 0 Å². The average molecular weight is 402 g/mol. The van der Waals surface area contributed by atoms with Crippen LogP contribution in [0.15, 0.2) is 18.3 Å². The highest BCUT2D eigenvalue weighted by Crippen LogP contribution is 2.27. The van der Waals surface area contributed by atoms with Crippen LogP contribution in [0.4, 0.5) is 21.7 Å². The number of nitrogens with one attached hydrogen (secondary N) is 2. The van der Waals surface area contributed by atoms with Crippen molar-refractivity contribution in [3.05, 3.63) is 35.3 Å². The second kappa shape index (κ2) is 9.04. The summed E-state index contributed by atoms with van der Waals surface area (Å²) in [6.45, 7) is 4.24. The number of ether oxygens (including phenoxy) is 1. The quantitative estimate of drug-likeness (QED) is 0.560. The van der Waals surface area contributed by atoms with Crippen molar-refractivity contribution in [2.24, 2.45) is 11.5 Å². The van der Waals surface area contributed by atoms with Crippen molar-refractivity contribution in [1.29, 1.82) is 0 Å². The van der Waals surface area contributed by atoms with Crippen LogP contribution in [0, 0.1) is 12.7 Å². The van der Waals surface area contributed by atoms with Crippen LogP contribution in [-0.2, 0) is 0 Å². The Morgan fingerprint density at radius 2 is 2.07 bits per heavy atom. The molecule has 0 saturated heterocycles. The van der Waals surface area contributed by atoms with Gasteiger partial charge in [-0.15, -0.1) is 0 Å². The maximum Gasteiger partial charge on any atom is 0.252 e. The van der Waals surface area contributed by atoms with Gasteiger partial charge in [0.2, 0.25) is 5.88 Å². The van der Waals surface area contributed by atoms with Gasteiger partial charge in [0.05, 0.1) is 24.1 Å². The van der Waals surface area contributed by atoms with E-state index in [-0.39, 0.29) is 29.3 Å². The lowest BCUT2D eigenvalue weighted by Crippen LogP contribution is -2.43. The molecule has 1 aliphatic carbocycles. The van der Waals surface area contributed by atoms with Gasteiger partial charge in [-0.25, -0.2) is 14.4 Å². The maximum absolute atomic E-state index is 14.6. The van der Waals surface area contributed by atoms with Gasteiger partial charge in [0.15, 0.2) is 11.6 Å². The van der Waals surface area contributed by atoms with Crippen LogP contribution in [0.1, 0.15) is 48.5 Å². The zero-order valence-electron chi connectivity index (χ0n) is 16.7. The molecule has 9 heteroatoms. The number of nitrogens with zero attached hydrogens (tertiary/aromatic N) is 2. The van der Waals surface area contributed by atoms with Crippen LogP contribution >= 0.6 is 0 Å². The number of halogens is 1. The number of rotatable bonds is 7. The summed E-state index contributed by atoms with van der Waals surface area (Å²) in [5.41, 5.74) is 12.9. The fourth-order valence-electron chi connectivity index (χ4n) is 3.44. The fraction of sp³-hybridized carbons (Fsp3) is 0.450. The predicted molar refractivity (Wildman–Crippen MR) is 110 cm³/mol. The molecular weight excluding hydrogens is 375 g/mol. The second-order valence-electron chi connectivity index (χ2n) is 7.18. The lowest BCUT2D eigenvalue weighted by molar-refractivity contribution is 0.100. The fourth-order valence-corrected chi connectivity index (χ4v) is 3.44. The van der Waals surface area contributed by atoms with Crippen LogP contribution in [0.3, 0.4) is 0 Å². The Balaban J connectivity index is 1.89. The number of aryl methyl sites for hydroxylation is 1. The van der Waals surface area contributed by atoms with Gasteiger partial charge in [-0.05, 0) is 38.8 Å². The summed E-state index contributed by atoms with van der Waals surface area (Å²) >= 11 is 0. The zero-order valence-corrected chi connectivity index (χ0v) is 16.7. The molecule has 2 atom stereocenters. The van der Waals surface area contributed by atoms with Crippen molar-refractivity contribution in [2.75, 3.05) is 17.2 Å². The third kappa shape index (κ3) is 4.92. The minimum Gasteiger partial charge on any atom is -0.478 e. The molecule has 1 saturated carbocycles. The molecule has 156 valence electrons. The van der Waals surface area contributed by atoms with E-state index in [4.69, 9.17) is 16.2 Å². The molecule has 0 aromatic carbocycles. The molecule has 8 nitrogen and oxygen atoms in total. The van der Waals surface area contributed by atoms with Gasteiger partial charge in [0.1, 0.15) is 5.82 Å². The van der Waals surface area contributed by atoms with Crippen LogP contribution in [-0.4, -0.2) is 34.6 Å². The van der Waals surface area contributed by atoms with Gasteiger partial charge in [0.25, 0.3) is 5.91 Å². The van der Waals surface area contributed by atoms with E-state index in [0.717, 1.165) is 37.3 Å². The molecular formula is C20H27FN6O2. The van der Waals surface area contributed by atoms with Gasteiger partial charge in [-0.2, -0.15) is 0 Å². The zero-order chi connectivity index (χ0) is 21.0. The molecule has 2 heterocycles. The van der Waals surface area contributed by atoms with E-state index in [0.29, 0.717) is 18.2 Å². The van der Waals surface area contributed by atoms with E-state index < -0.39 is 11.7 Å². The number of hydrogen-bond acceptors (Lipinski definition) is 7. The van der Waals surface area contributed by atoms with Crippen LogP contribution < -0.4 is 26.8 Å². The summed E-state index contributed by atoms with van der Waals surface area (Å²) in [7, 11) is 0. The summed E-state index contributed by atoms with van der Waals surface area (Å²) < 4.78 is 20.0. The Bertz CT molecular complexity index is 892. The Morgan fingerprint density at radius 3 is 2.72 bits per heavy atom. The lowest BCUT2D eigenvalue weighted by atomic mass is 9.91. The predicted octanol–water partition coefficient (Wildman–Crippen LogP) is 2.85. The molecule has 2 aromatic rings. The van der Waals surface area contributed by atoms with Gasteiger partial charge in [-0.3, -0.25) is 4.79 Å². The first kappa shape index (κ1) is 20.8. The van der Waals surface area contributed by atoms with Crippen molar-refractivity contribution in [3.63, 3.8) is 0 Å². The number of primary amides is 1. The summed E-state index contributed by atoms with van der Waals surface area (Å²) in [5, 5.41) is 6.10. The number of nitrogens with two attached hydrogens (primary N) is 2. The Labute approximate surface area is 169 Å². The number of carbonyl (C=O) groups is 1. The summed E-state index contributed by atoms with van der Waals surface area (Å²) in [6, 6.07) is 2.74. The molecule has 1 aliphatic rings. The number of anilines is 3. The molecule has 0 bridgehead atoms. The number of amides is 1. The third-order valence-corrected chi connectivity index (χ3v) is 4.96. The Hall–Kier alpha value is -2.94. The van der Waals surface area contributed by atoms with E-state index in [9.17, 15) is 9.18 Å². The largest absolute Gasteiger partial charge is 0.478 e. The molecule has 3 rings (SSSR count). The first-order chi connectivity index (χ1) is 13.9. The molecule has 1 fully saturated rings. The first-order valence-electron chi connectivity index (χ1n) is 9.78. The Morgan fingerprint density at radius 1 is 1.31 bits per heavy atom. The SMILES string of the molecule is CCOc1ncc(Nc2nc(N[C@@H]3CCCC[C@@H]3N)c(F)cc2C(N)=O)cc1C. The van der Waals surface area contributed by atoms with Crippen LogP contribution in [0.25, 0.3) is 0 Å². The number of hydrogen-bond donors (Lipinski definition) is 4. The minimum atomic E-state index is -0.782. The average Bonchev–Trinajstić information content (AvgIpc) is 2.68. The van der Waals surface area contributed by atoms with Crippen molar-refractivity contribution >= 4 is 23.2 Å². The molecule has 0 spiro atoms. The van der Waals surface area contributed by atoms with Crippen LogP contribution in [0.2, 0.25) is 0 Å². The van der Waals surface area contributed by atoms with Gasteiger partial charge in [0, 0.05) is 17.6 Å². The molecule has 6 N–H and O–H groups in total. The van der Waals surface area contributed by atoms with Crippen molar-refractivity contribution in [1.82, 2.24) is 9.97 Å². The molecule has 0 aliphatic heterocycles. The molecule has 1 amide bonds. The van der Waals surface area contributed by atoms with Crippen molar-refractivity contribution < 1.29 is 13.9 Å². The van der Waals surface area contributed by atoms with E-state index in [2.05, 4.69) is 20.6 Å². The number of aromatic nitrogens is 2. The highest BCUT2D eigenvalue weighted by Gasteiger charge is 2.24. The van der Waals surface area contributed by atoms with Gasteiger partial charge < -0.3 is 26.8 Å². The normalized spacial score (nSPS) is 18.9.